The summed E-state index contributed by atoms with van der Waals surface area (Å²) in [5.41, 5.74) is 1.45. The molecule has 0 radical (unpaired) electrons. The Morgan fingerprint density at radius 3 is 2.61 bits per heavy atom. The van der Waals surface area contributed by atoms with Gasteiger partial charge in [0, 0.05) is 23.4 Å². The topological polar surface area (TPSA) is 107 Å². The van der Waals surface area contributed by atoms with Crippen molar-refractivity contribution < 1.29 is 17.9 Å². The molecule has 33 heavy (non-hydrogen) atoms. The van der Waals surface area contributed by atoms with Crippen LogP contribution in [0, 0.1) is 0 Å². The molecule has 8 nitrogen and oxygen atoms in total. The Morgan fingerprint density at radius 1 is 1.15 bits per heavy atom. The Hall–Kier alpha value is -3.40. The number of carbonyl (C=O) groups excluding carboxylic acids is 1. The van der Waals surface area contributed by atoms with Crippen LogP contribution in [-0.4, -0.2) is 33.0 Å². The van der Waals surface area contributed by atoms with Gasteiger partial charge in [0.1, 0.15) is 10.6 Å². The maximum atomic E-state index is 12.4. The first-order valence-corrected chi connectivity index (χ1v) is 11.6. The number of sulfonamides is 1. The van der Waals surface area contributed by atoms with E-state index < -0.39 is 15.9 Å². The minimum atomic E-state index is -3.74. The number of pyridine rings is 1. The number of hydrogen-bond acceptors (Lipinski definition) is 5. The summed E-state index contributed by atoms with van der Waals surface area (Å²) in [6.45, 7) is 0.257. The van der Waals surface area contributed by atoms with Crippen LogP contribution in [0.15, 0.2) is 76.6 Å². The molecular weight excluding hydrogens is 466 g/mol. The summed E-state index contributed by atoms with van der Waals surface area (Å²) < 4.78 is 33.2. The molecule has 1 heterocycles. The van der Waals surface area contributed by atoms with Crippen LogP contribution in [0.5, 0.6) is 5.75 Å². The molecule has 3 rings (SSSR count). The first-order valence-electron chi connectivity index (χ1n) is 9.78. The number of hydrogen-bond donors (Lipinski definition) is 2. The molecule has 1 amide bonds. The molecule has 0 aliphatic rings. The van der Waals surface area contributed by atoms with Gasteiger partial charge in [-0.1, -0.05) is 35.9 Å². The van der Waals surface area contributed by atoms with Crippen LogP contribution in [0.3, 0.4) is 0 Å². The molecule has 0 saturated carbocycles. The average molecular weight is 488 g/mol. The lowest BCUT2D eigenvalue weighted by atomic mass is 10.2. The molecule has 10 heteroatoms. The number of amides is 1. The van der Waals surface area contributed by atoms with Crippen LogP contribution in [0.4, 0.5) is 5.69 Å². The first-order chi connectivity index (χ1) is 15.7. The second-order valence-electron chi connectivity index (χ2n) is 6.92. The van der Waals surface area contributed by atoms with Crippen molar-refractivity contribution in [2.24, 2.45) is 0 Å². The number of nitrogens with one attached hydrogen (secondary N) is 2. The standard InChI is InChI=1S/C23H22ClN3O5S/c1-25-33(30,31)21-13-16(7-10-20(21)32-2)8-11-22(28)26-18-9-12-23(29)27(15-18)14-17-5-3-4-6-19(17)24/h3-13,15,25H,14H2,1-2H3,(H,26,28). The number of rotatable bonds is 8. The van der Waals surface area contributed by atoms with Gasteiger partial charge in [0.05, 0.1) is 19.3 Å². The fraction of sp³-hybridized carbons (Fsp3) is 0.130. The van der Waals surface area contributed by atoms with E-state index in [1.165, 1.54) is 61.3 Å². The van der Waals surface area contributed by atoms with Gasteiger partial charge in [0.15, 0.2) is 0 Å². The molecule has 0 spiro atoms. The molecule has 1 aromatic heterocycles. The SMILES string of the molecule is CNS(=O)(=O)c1cc(C=CC(=O)Nc2ccc(=O)n(Cc3ccccc3Cl)c2)ccc1OC. The average Bonchev–Trinajstić information content (AvgIpc) is 2.81. The minimum Gasteiger partial charge on any atom is -0.495 e. The predicted molar refractivity (Wildman–Crippen MR) is 128 cm³/mol. The maximum absolute atomic E-state index is 12.4. The van der Waals surface area contributed by atoms with Gasteiger partial charge in [-0.05, 0) is 48.5 Å². The summed E-state index contributed by atoms with van der Waals surface area (Å²) in [5.74, 6) is -0.265. The van der Waals surface area contributed by atoms with Crippen molar-refractivity contribution >= 4 is 39.3 Å². The summed E-state index contributed by atoms with van der Waals surface area (Å²) in [7, 11) is -1.06. The third-order valence-corrected chi connectivity index (χ3v) is 6.53. The summed E-state index contributed by atoms with van der Waals surface area (Å²) >= 11 is 6.17. The molecule has 0 unspecified atom stereocenters. The molecule has 0 fully saturated rings. The summed E-state index contributed by atoms with van der Waals surface area (Å²) in [6, 6.07) is 14.6. The first kappa shape index (κ1) is 24.2. The highest BCUT2D eigenvalue weighted by Gasteiger charge is 2.17. The third kappa shape index (κ3) is 6.10. The van der Waals surface area contributed by atoms with Gasteiger partial charge in [-0.25, -0.2) is 13.1 Å². The highest BCUT2D eigenvalue weighted by atomic mass is 35.5. The quantitative estimate of drug-likeness (QED) is 0.475. The third-order valence-electron chi connectivity index (χ3n) is 4.72. The van der Waals surface area contributed by atoms with Crippen molar-refractivity contribution in [2.75, 3.05) is 19.5 Å². The van der Waals surface area contributed by atoms with Crippen molar-refractivity contribution in [1.29, 1.82) is 0 Å². The second kappa shape index (κ2) is 10.5. The second-order valence-corrected chi connectivity index (χ2v) is 9.18. The number of nitrogens with zero attached hydrogens (tertiary/aromatic N) is 1. The Balaban J connectivity index is 1.77. The van der Waals surface area contributed by atoms with Gasteiger partial charge in [-0.3, -0.25) is 9.59 Å². The zero-order valence-corrected chi connectivity index (χ0v) is 19.5. The monoisotopic (exact) mass is 487 g/mol. The van der Waals surface area contributed by atoms with Crippen molar-refractivity contribution in [3.63, 3.8) is 0 Å². The number of carbonyl (C=O) groups is 1. The lowest BCUT2D eigenvalue weighted by Crippen LogP contribution is -2.20. The summed E-state index contributed by atoms with van der Waals surface area (Å²) in [6.07, 6.45) is 4.27. The molecule has 0 saturated heterocycles. The fourth-order valence-electron chi connectivity index (χ4n) is 3.01. The van der Waals surface area contributed by atoms with Gasteiger partial charge in [0.25, 0.3) is 5.56 Å². The van der Waals surface area contributed by atoms with E-state index in [1.54, 1.807) is 18.2 Å². The maximum Gasteiger partial charge on any atom is 0.250 e. The van der Waals surface area contributed by atoms with Crippen molar-refractivity contribution in [1.82, 2.24) is 9.29 Å². The van der Waals surface area contributed by atoms with Crippen LogP contribution < -0.4 is 20.3 Å². The number of halogens is 1. The van der Waals surface area contributed by atoms with E-state index in [4.69, 9.17) is 16.3 Å². The Labute approximate surface area is 196 Å². The van der Waals surface area contributed by atoms with Crippen LogP contribution in [0.25, 0.3) is 6.08 Å². The number of ether oxygens (including phenoxy) is 1. The molecule has 0 atom stereocenters. The number of aromatic nitrogens is 1. The molecule has 2 aromatic carbocycles. The van der Waals surface area contributed by atoms with Crippen LogP contribution in [0.2, 0.25) is 5.02 Å². The zero-order chi connectivity index (χ0) is 24.0. The lowest BCUT2D eigenvalue weighted by Gasteiger charge is -2.10. The molecule has 0 aliphatic carbocycles. The van der Waals surface area contributed by atoms with E-state index in [9.17, 15) is 18.0 Å². The van der Waals surface area contributed by atoms with E-state index in [1.807, 2.05) is 12.1 Å². The van der Waals surface area contributed by atoms with Crippen molar-refractivity contribution in [3.8, 4) is 5.75 Å². The van der Waals surface area contributed by atoms with Crippen molar-refractivity contribution in [3.05, 3.63) is 93.4 Å². The zero-order valence-electron chi connectivity index (χ0n) is 17.9. The van der Waals surface area contributed by atoms with Gasteiger partial charge in [-0.15, -0.1) is 0 Å². The normalized spacial score (nSPS) is 11.5. The number of methoxy groups -OCH3 is 1. The summed E-state index contributed by atoms with van der Waals surface area (Å²) in [5, 5.41) is 3.23. The largest absolute Gasteiger partial charge is 0.495 e. The molecule has 0 aliphatic heterocycles. The predicted octanol–water partition coefficient (Wildman–Crippen LogP) is 3.12. The highest BCUT2D eigenvalue weighted by Crippen LogP contribution is 2.25. The van der Waals surface area contributed by atoms with Gasteiger partial charge >= 0.3 is 0 Å². The molecule has 2 N–H and O–H groups in total. The van der Waals surface area contributed by atoms with Gasteiger partial charge < -0.3 is 14.6 Å². The Morgan fingerprint density at radius 2 is 1.91 bits per heavy atom. The van der Waals surface area contributed by atoms with Crippen LogP contribution in [-0.2, 0) is 21.4 Å². The molecule has 172 valence electrons. The smallest absolute Gasteiger partial charge is 0.250 e. The van der Waals surface area contributed by atoms with Gasteiger partial charge in [-0.2, -0.15) is 0 Å². The van der Waals surface area contributed by atoms with E-state index in [2.05, 4.69) is 10.0 Å². The van der Waals surface area contributed by atoms with Crippen LogP contribution >= 0.6 is 11.6 Å². The van der Waals surface area contributed by atoms with Crippen molar-refractivity contribution in [2.45, 2.75) is 11.4 Å². The van der Waals surface area contributed by atoms with Crippen LogP contribution in [0.1, 0.15) is 11.1 Å². The van der Waals surface area contributed by atoms with Gasteiger partial charge in [0.2, 0.25) is 15.9 Å². The fourth-order valence-corrected chi connectivity index (χ4v) is 4.13. The molecular formula is C23H22ClN3O5S. The minimum absolute atomic E-state index is 0.0401. The van der Waals surface area contributed by atoms with E-state index in [0.717, 1.165) is 5.56 Å². The van der Waals surface area contributed by atoms with E-state index in [0.29, 0.717) is 16.3 Å². The molecule has 3 aromatic rings. The Kier molecular flexibility index (Phi) is 7.70. The van der Waals surface area contributed by atoms with E-state index in [-0.39, 0.29) is 22.7 Å². The molecule has 0 bridgehead atoms. The summed E-state index contributed by atoms with van der Waals surface area (Å²) in [4.78, 5) is 24.6. The number of benzene rings is 2. The lowest BCUT2D eigenvalue weighted by molar-refractivity contribution is -0.111. The highest BCUT2D eigenvalue weighted by molar-refractivity contribution is 7.89. The number of anilines is 1. The Bertz CT molecular complexity index is 1370. The van der Waals surface area contributed by atoms with E-state index >= 15 is 0 Å².